The Morgan fingerprint density at radius 1 is 1.40 bits per heavy atom. The summed E-state index contributed by atoms with van der Waals surface area (Å²) in [5, 5.41) is 0. The first-order valence-electron chi connectivity index (χ1n) is 5.63. The number of carbonyl (C=O) groups is 1. The second-order valence-electron chi connectivity index (χ2n) is 3.91. The molecule has 15 heavy (non-hydrogen) atoms. The van der Waals surface area contributed by atoms with Gasteiger partial charge < -0.3 is 4.74 Å². The predicted molar refractivity (Wildman–Crippen MR) is 65.1 cm³/mol. The zero-order valence-electron chi connectivity index (χ0n) is 9.62. The molecule has 1 fully saturated rings. The summed E-state index contributed by atoms with van der Waals surface area (Å²) in [7, 11) is 0. The predicted octanol–water partition coefficient (Wildman–Crippen LogP) is 3.17. The maximum Gasteiger partial charge on any atom is 0.330 e. The van der Waals surface area contributed by atoms with Gasteiger partial charge in [-0.1, -0.05) is 25.3 Å². The minimum atomic E-state index is -0.212. The lowest BCUT2D eigenvalue weighted by Gasteiger charge is -2.32. The van der Waals surface area contributed by atoms with Crippen LogP contribution in [0.2, 0.25) is 0 Å². The van der Waals surface area contributed by atoms with E-state index in [4.69, 9.17) is 4.74 Å². The molecule has 0 amide bonds. The number of ether oxygens (including phenoxy) is 1. The first-order valence-corrected chi connectivity index (χ1v) is 6.86. The van der Waals surface area contributed by atoms with Crippen LogP contribution < -0.4 is 0 Å². The van der Waals surface area contributed by atoms with E-state index >= 15 is 0 Å². The van der Waals surface area contributed by atoms with Crippen molar-refractivity contribution in [2.75, 3.05) is 12.9 Å². The summed E-state index contributed by atoms with van der Waals surface area (Å²) in [4.78, 5) is 11.2. The first-order chi connectivity index (χ1) is 7.22. The average Bonchev–Trinajstić information content (AvgIpc) is 2.28. The molecule has 0 N–H and O–H groups in total. The van der Waals surface area contributed by atoms with Gasteiger partial charge in [-0.3, -0.25) is 0 Å². The Labute approximate surface area is 96.5 Å². The standard InChI is InChI=1S/C12H20O2S/c1-3-14-11(13)7-10-12(15-2)8-5-4-6-9-12/h7,10H,3-6,8-9H2,1-2H3/b10-7+. The van der Waals surface area contributed by atoms with Crippen LogP contribution >= 0.6 is 11.8 Å². The van der Waals surface area contributed by atoms with Crippen molar-refractivity contribution in [1.82, 2.24) is 0 Å². The van der Waals surface area contributed by atoms with Gasteiger partial charge in [0.25, 0.3) is 0 Å². The molecule has 3 heteroatoms. The van der Waals surface area contributed by atoms with E-state index in [2.05, 4.69) is 12.3 Å². The molecule has 0 aliphatic heterocycles. The molecule has 0 spiro atoms. The minimum Gasteiger partial charge on any atom is -0.463 e. The van der Waals surface area contributed by atoms with Gasteiger partial charge in [0, 0.05) is 10.8 Å². The number of carbonyl (C=O) groups excluding carboxylic acids is 1. The molecule has 1 saturated carbocycles. The van der Waals surface area contributed by atoms with Crippen LogP contribution in [0.25, 0.3) is 0 Å². The average molecular weight is 228 g/mol. The number of hydrogen-bond acceptors (Lipinski definition) is 3. The zero-order valence-corrected chi connectivity index (χ0v) is 10.4. The van der Waals surface area contributed by atoms with Gasteiger partial charge in [-0.25, -0.2) is 4.79 Å². The number of thioether (sulfide) groups is 1. The van der Waals surface area contributed by atoms with Crippen LogP contribution in [0.1, 0.15) is 39.0 Å². The highest BCUT2D eigenvalue weighted by Gasteiger charge is 2.28. The topological polar surface area (TPSA) is 26.3 Å². The quantitative estimate of drug-likeness (QED) is 0.546. The van der Waals surface area contributed by atoms with Gasteiger partial charge in [-0.15, -0.1) is 0 Å². The molecule has 1 aliphatic carbocycles. The molecule has 0 bridgehead atoms. The molecule has 0 aromatic carbocycles. The van der Waals surface area contributed by atoms with Crippen LogP contribution in [0.15, 0.2) is 12.2 Å². The molecule has 0 saturated heterocycles. The van der Waals surface area contributed by atoms with Gasteiger partial charge in [-0.05, 0) is 26.0 Å². The highest BCUT2D eigenvalue weighted by molar-refractivity contribution is 8.00. The van der Waals surface area contributed by atoms with Crippen LogP contribution in [-0.4, -0.2) is 23.6 Å². The van der Waals surface area contributed by atoms with Gasteiger partial charge in [0.05, 0.1) is 6.61 Å². The third-order valence-corrected chi connectivity index (χ3v) is 4.27. The maximum absolute atomic E-state index is 11.2. The van der Waals surface area contributed by atoms with E-state index in [9.17, 15) is 4.79 Å². The summed E-state index contributed by atoms with van der Waals surface area (Å²) in [5.74, 6) is -0.212. The highest BCUT2D eigenvalue weighted by Crippen LogP contribution is 2.39. The van der Waals surface area contributed by atoms with Crippen LogP contribution in [0, 0.1) is 0 Å². The molecule has 0 heterocycles. The Balaban J connectivity index is 2.54. The van der Waals surface area contributed by atoms with Crippen molar-refractivity contribution in [3.05, 3.63) is 12.2 Å². The molecule has 0 aromatic heterocycles. The van der Waals surface area contributed by atoms with Crippen molar-refractivity contribution in [2.24, 2.45) is 0 Å². The second-order valence-corrected chi connectivity index (χ2v) is 5.14. The van der Waals surface area contributed by atoms with Crippen molar-refractivity contribution in [1.29, 1.82) is 0 Å². The Hall–Kier alpha value is -0.440. The number of rotatable bonds is 4. The summed E-state index contributed by atoms with van der Waals surface area (Å²) in [6.07, 6.45) is 12.0. The molecule has 1 rings (SSSR count). The van der Waals surface area contributed by atoms with Gasteiger partial charge in [0.1, 0.15) is 0 Å². The first kappa shape index (κ1) is 12.6. The molecule has 0 unspecified atom stereocenters. The van der Waals surface area contributed by atoms with E-state index in [1.807, 2.05) is 18.7 Å². The minimum absolute atomic E-state index is 0.186. The molecule has 0 radical (unpaired) electrons. The monoisotopic (exact) mass is 228 g/mol. The van der Waals surface area contributed by atoms with E-state index < -0.39 is 0 Å². The fourth-order valence-corrected chi connectivity index (χ4v) is 2.90. The molecule has 86 valence electrons. The fraction of sp³-hybridized carbons (Fsp3) is 0.750. The normalized spacial score (nSPS) is 20.4. The van der Waals surface area contributed by atoms with Crippen molar-refractivity contribution in [3.63, 3.8) is 0 Å². The van der Waals surface area contributed by atoms with Crippen LogP contribution in [-0.2, 0) is 9.53 Å². The number of esters is 1. The van der Waals surface area contributed by atoms with Gasteiger partial charge in [-0.2, -0.15) is 11.8 Å². The van der Waals surface area contributed by atoms with E-state index in [1.165, 1.54) is 32.1 Å². The lowest BCUT2D eigenvalue weighted by atomic mass is 9.88. The molecule has 1 aliphatic rings. The lowest BCUT2D eigenvalue weighted by Crippen LogP contribution is -2.25. The van der Waals surface area contributed by atoms with E-state index in [1.54, 1.807) is 6.08 Å². The van der Waals surface area contributed by atoms with E-state index in [0.717, 1.165) is 0 Å². The van der Waals surface area contributed by atoms with Crippen LogP contribution in [0.4, 0.5) is 0 Å². The summed E-state index contributed by atoms with van der Waals surface area (Å²) in [5.41, 5.74) is 0. The summed E-state index contributed by atoms with van der Waals surface area (Å²) in [6, 6.07) is 0. The van der Waals surface area contributed by atoms with Gasteiger partial charge in [0.15, 0.2) is 0 Å². The van der Waals surface area contributed by atoms with Crippen molar-refractivity contribution < 1.29 is 9.53 Å². The highest BCUT2D eigenvalue weighted by atomic mass is 32.2. The molecule has 2 nitrogen and oxygen atoms in total. The Kier molecular flexibility index (Phi) is 5.23. The van der Waals surface area contributed by atoms with Crippen molar-refractivity contribution >= 4 is 17.7 Å². The summed E-state index contributed by atoms with van der Waals surface area (Å²) < 4.78 is 5.07. The third kappa shape index (κ3) is 3.90. The number of hydrogen-bond donors (Lipinski definition) is 0. The van der Waals surface area contributed by atoms with Crippen molar-refractivity contribution in [3.8, 4) is 0 Å². The van der Waals surface area contributed by atoms with E-state index in [0.29, 0.717) is 6.61 Å². The van der Waals surface area contributed by atoms with Crippen LogP contribution in [0.5, 0.6) is 0 Å². The Morgan fingerprint density at radius 3 is 2.60 bits per heavy atom. The molecule has 0 aromatic rings. The van der Waals surface area contributed by atoms with Crippen molar-refractivity contribution in [2.45, 2.75) is 43.8 Å². The Morgan fingerprint density at radius 2 is 2.07 bits per heavy atom. The van der Waals surface area contributed by atoms with Crippen LogP contribution in [0.3, 0.4) is 0 Å². The smallest absolute Gasteiger partial charge is 0.330 e. The SMILES string of the molecule is CCOC(=O)/C=C/C1(SC)CCCCC1. The summed E-state index contributed by atoms with van der Waals surface area (Å²) >= 11 is 1.86. The largest absolute Gasteiger partial charge is 0.463 e. The molecular formula is C12H20O2S. The lowest BCUT2D eigenvalue weighted by molar-refractivity contribution is -0.137. The van der Waals surface area contributed by atoms with Gasteiger partial charge >= 0.3 is 5.97 Å². The molecular weight excluding hydrogens is 208 g/mol. The Bertz CT molecular complexity index is 230. The molecule has 0 atom stereocenters. The maximum atomic E-state index is 11.2. The van der Waals surface area contributed by atoms with Gasteiger partial charge in [0.2, 0.25) is 0 Å². The third-order valence-electron chi connectivity index (χ3n) is 2.92. The van der Waals surface area contributed by atoms with E-state index in [-0.39, 0.29) is 10.7 Å². The zero-order chi connectivity index (χ0) is 11.1. The fourth-order valence-electron chi connectivity index (χ4n) is 2.00. The second kappa shape index (κ2) is 6.21. The summed E-state index contributed by atoms with van der Waals surface area (Å²) in [6.45, 7) is 2.28.